The summed E-state index contributed by atoms with van der Waals surface area (Å²) in [6.45, 7) is 0.202. The number of anilines is 1. The Balaban J connectivity index is 1.20. The molecule has 0 radical (unpaired) electrons. The van der Waals surface area contributed by atoms with Gasteiger partial charge in [-0.1, -0.05) is 6.07 Å². The molecule has 1 aliphatic heterocycles. The molecule has 2 amide bonds. The number of nitrogens with one attached hydrogen (secondary N) is 2. The molecule has 2 N–H and O–H groups in total. The minimum atomic E-state index is -0.616. The van der Waals surface area contributed by atoms with E-state index in [2.05, 4.69) is 15.6 Å². The van der Waals surface area contributed by atoms with Crippen LogP contribution in [0.3, 0.4) is 0 Å². The maximum Gasteiger partial charge on any atom is 0.320 e. The van der Waals surface area contributed by atoms with Crippen LogP contribution >= 0.6 is 0 Å². The second-order valence-corrected chi connectivity index (χ2v) is 7.34. The highest BCUT2D eigenvalue weighted by atomic mass is 19.1. The number of ether oxygens (including phenoxy) is 2. The Morgan fingerprint density at radius 1 is 1.06 bits per heavy atom. The summed E-state index contributed by atoms with van der Waals surface area (Å²) in [6.07, 6.45) is 1.39. The lowest BCUT2D eigenvalue weighted by Gasteiger charge is -2.16. The Hall–Kier alpha value is -3.75. The van der Waals surface area contributed by atoms with E-state index in [1.807, 2.05) is 0 Å². The number of fused-ring (bicyclic) bond motifs is 3. The summed E-state index contributed by atoms with van der Waals surface area (Å²) in [5, 5.41) is 5.35. The molecule has 3 atom stereocenters. The quantitative estimate of drug-likeness (QED) is 0.639. The molecule has 2 aliphatic rings. The Labute approximate surface area is 175 Å². The van der Waals surface area contributed by atoms with Crippen molar-refractivity contribution in [3.05, 3.63) is 77.7 Å². The molecule has 158 valence electrons. The van der Waals surface area contributed by atoms with Crippen LogP contribution in [0.25, 0.3) is 0 Å². The zero-order valence-electron chi connectivity index (χ0n) is 15.9. The van der Waals surface area contributed by atoms with Crippen LogP contribution in [0.4, 0.5) is 23.8 Å². The van der Waals surface area contributed by atoms with Crippen molar-refractivity contribution < 1.29 is 27.4 Å². The van der Waals surface area contributed by atoms with Gasteiger partial charge in [0.15, 0.2) is 11.6 Å². The number of carbonyl (C=O) groups is 1. The lowest BCUT2D eigenvalue weighted by Crippen LogP contribution is -2.32. The van der Waals surface area contributed by atoms with Gasteiger partial charge in [0.25, 0.3) is 0 Å². The van der Waals surface area contributed by atoms with Crippen molar-refractivity contribution in [2.24, 2.45) is 5.92 Å². The van der Waals surface area contributed by atoms with E-state index in [4.69, 9.17) is 9.47 Å². The van der Waals surface area contributed by atoms with Crippen LogP contribution in [0, 0.1) is 23.4 Å². The second kappa shape index (κ2) is 7.50. The Morgan fingerprint density at radius 3 is 2.68 bits per heavy atom. The van der Waals surface area contributed by atoms with Gasteiger partial charge in [-0.25, -0.2) is 22.9 Å². The minimum Gasteiger partial charge on any atom is -0.490 e. The first-order chi connectivity index (χ1) is 15.0. The lowest BCUT2D eigenvalue weighted by atomic mass is 10.0. The van der Waals surface area contributed by atoms with Gasteiger partial charge in [-0.05, 0) is 36.4 Å². The van der Waals surface area contributed by atoms with Gasteiger partial charge >= 0.3 is 6.03 Å². The first-order valence-electron chi connectivity index (χ1n) is 9.57. The summed E-state index contributed by atoms with van der Waals surface area (Å²) >= 11 is 0. The summed E-state index contributed by atoms with van der Waals surface area (Å²) in [5.41, 5.74) is 0.165. The molecule has 2 heterocycles. The molecule has 0 saturated heterocycles. The van der Waals surface area contributed by atoms with Crippen LogP contribution < -0.4 is 20.1 Å². The maximum absolute atomic E-state index is 14.2. The molecule has 0 spiro atoms. The monoisotopic (exact) mass is 427 g/mol. The average Bonchev–Trinajstić information content (AvgIpc) is 3.44. The Kier molecular flexibility index (Phi) is 4.65. The topological polar surface area (TPSA) is 72.5 Å². The second-order valence-electron chi connectivity index (χ2n) is 7.34. The van der Waals surface area contributed by atoms with Crippen molar-refractivity contribution >= 4 is 11.8 Å². The highest BCUT2D eigenvalue weighted by molar-refractivity contribution is 5.89. The van der Waals surface area contributed by atoms with E-state index < -0.39 is 23.5 Å². The zero-order valence-corrected chi connectivity index (χ0v) is 15.9. The fourth-order valence-electron chi connectivity index (χ4n) is 3.84. The number of pyridine rings is 1. The summed E-state index contributed by atoms with van der Waals surface area (Å²) in [7, 11) is 0. The third-order valence-corrected chi connectivity index (χ3v) is 5.32. The minimum absolute atomic E-state index is 0.0819. The third-order valence-electron chi connectivity index (χ3n) is 5.32. The maximum atomic E-state index is 14.2. The van der Waals surface area contributed by atoms with E-state index in [9.17, 15) is 18.0 Å². The van der Waals surface area contributed by atoms with Crippen molar-refractivity contribution in [3.63, 3.8) is 0 Å². The normalized spacial score (nSPS) is 20.7. The molecule has 6 nitrogen and oxygen atoms in total. The van der Waals surface area contributed by atoms with Crippen molar-refractivity contribution in [2.45, 2.75) is 12.0 Å². The van der Waals surface area contributed by atoms with Crippen LogP contribution in [-0.4, -0.2) is 23.7 Å². The van der Waals surface area contributed by atoms with E-state index in [0.717, 1.165) is 12.1 Å². The van der Waals surface area contributed by atoms with E-state index in [-0.39, 0.29) is 41.6 Å². The van der Waals surface area contributed by atoms with Crippen LogP contribution in [0.5, 0.6) is 17.2 Å². The number of hydrogen-bond acceptors (Lipinski definition) is 4. The van der Waals surface area contributed by atoms with Gasteiger partial charge < -0.3 is 14.8 Å². The number of halogens is 3. The standard InChI is InChI=1S/C22H16F3N3O3/c23-11-2-1-3-12(8-11)31-13-4-7-17(26-9-13)27-22(29)28-20-14-10-30-21-16(25)6-5-15(24)19(21)18(14)20/h1-9,14,18,20H,10H2,(H2,26,27,28,29)/t14-,18-,20?/m0/s1. The number of amides is 2. The predicted molar refractivity (Wildman–Crippen MR) is 105 cm³/mol. The first-order valence-corrected chi connectivity index (χ1v) is 9.57. The molecule has 9 heteroatoms. The van der Waals surface area contributed by atoms with E-state index in [1.165, 1.54) is 30.5 Å². The average molecular weight is 427 g/mol. The number of aromatic nitrogens is 1. The van der Waals surface area contributed by atoms with Gasteiger partial charge in [0.05, 0.1) is 12.8 Å². The molecule has 1 saturated carbocycles. The van der Waals surface area contributed by atoms with Gasteiger partial charge in [-0.2, -0.15) is 0 Å². The Morgan fingerprint density at radius 2 is 1.90 bits per heavy atom. The summed E-state index contributed by atoms with van der Waals surface area (Å²) < 4.78 is 52.1. The van der Waals surface area contributed by atoms with Crippen molar-refractivity contribution in [2.75, 3.05) is 11.9 Å². The van der Waals surface area contributed by atoms with Crippen molar-refractivity contribution in [1.29, 1.82) is 0 Å². The summed E-state index contributed by atoms with van der Waals surface area (Å²) in [5.74, 6) is -1.16. The fourth-order valence-corrected chi connectivity index (χ4v) is 3.84. The first kappa shape index (κ1) is 19.2. The molecule has 1 fully saturated rings. The number of benzene rings is 2. The van der Waals surface area contributed by atoms with Crippen molar-refractivity contribution in [3.8, 4) is 17.2 Å². The zero-order chi connectivity index (χ0) is 21.5. The molecule has 1 aromatic heterocycles. The van der Waals surface area contributed by atoms with E-state index >= 15 is 0 Å². The van der Waals surface area contributed by atoms with Crippen LogP contribution in [0.2, 0.25) is 0 Å². The number of hydrogen-bond donors (Lipinski definition) is 2. The van der Waals surface area contributed by atoms with E-state index in [0.29, 0.717) is 11.5 Å². The highest BCUT2D eigenvalue weighted by Crippen LogP contribution is 2.55. The Bertz CT molecular complexity index is 1160. The van der Waals surface area contributed by atoms with Crippen LogP contribution in [-0.2, 0) is 0 Å². The summed E-state index contributed by atoms with van der Waals surface area (Å²) in [4.78, 5) is 16.4. The van der Waals surface area contributed by atoms with Gasteiger partial charge in [-0.3, -0.25) is 5.32 Å². The predicted octanol–water partition coefficient (Wildman–Crippen LogP) is 4.59. The SMILES string of the molecule is O=C(Nc1ccc(Oc2cccc(F)c2)cn1)NC1[C@H]2COc3c(F)ccc(F)c3[C@@H]12. The highest BCUT2D eigenvalue weighted by Gasteiger charge is 2.57. The number of nitrogens with zero attached hydrogens (tertiary/aromatic N) is 1. The lowest BCUT2D eigenvalue weighted by molar-refractivity contribution is 0.247. The van der Waals surface area contributed by atoms with Crippen molar-refractivity contribution in [1.82, 2.24) is 10.3 Å². The molecular weight excluding hydrogens is 411 g/mol. The van der Waals surface area contributed by atoms with Crippen LogP contribution in [0.1, 0.15) is 11.5 Å². The number of urea groups is 1. The molecule has 1 unspecified atom stereocenters. The molecule has 1 aliphatic carbocycles. The van der Waals surface area contributed by atoms with Gasteiger partial charge in [0, 0.05) is 29.5 Å². The fraction of sp³-hybridized carbons (Fsp3) is 0.182. The third kappa shape index (κ3) is 3.74. The van der Waals surface area contributed by atoms with Gasteiger partial charge in [0.2, 0.25) is 0 Å². The molecule has 0 bridgehead atoms. The molecule has 5 rings (SSSR count). The molecular formula is C22H16F3N3O3. The van der Waals surface area contributed by atoms with Gasteiger partial charge in [-0.15, -0.1) is 0 Å². The van der Waals surface area contributed by atoms with E-state index in [1.54, 1.807) is 12.1 Å². The number of carbonyl (C=O) groups excluding carboxylic acids is 1. The molecule has 2 aromatic carbocycles. The largest absolute Gasteiger partial charge is 0.490 e. The molecule has 31 heavy (non-hydrogen) atoms. The number of rotatable bonds is 4. The van der Waals surface area contributed by atoms with Gasteiger partial charge in [0.1, 0.15) is 29.0 Å². The van der Waals surface area contributed by atoms with Crippen LogP contribution in [0.15, 0.2) is 54.7 Å². The smallest absolute Gasteiger partial charge is 0.320 e. The summed E-state index contributed by atoms with van der Waals surface area (Å²) in [6, 6.07) is 9.98. The molecule has 3 aromatic rings.